The predicted molar refractivity (Wildman–Crippen MR) is 51.1 cm³/mol. The lowest BCUT2D eigenvalue weighted by molar-refractivity contribution is 0.396. The Kier molecular flexibility index (Phi) is 4.13. The van der Waals surface area contributed by atoms with Crippen molar-refractivity contribution in [3.05, 3.63) is 0 Å². The van der Waals surface area contributed by atoms with E-state index in [1.165, 1.54) is 25.7 Å². The summed E-state index contributed by atoms with van der Waals surface area (Å²) in [6, 6.07) is 0.332. The normalized spacial score (nSPS) is 20.7. The first-order valence-electron chi connectivity index (χ1n) is 4.76. The molecule has 1 rings (SSSR count). The van der Waals surface area contributed by atoms with Gasteiger partial charge in [-0.05, 0) is 12.3 Å². The molecule has 0 aromatic rings. The molecule has 3 N–H and O–H groups in total. The molecule has 0 saturated heterocycles. The van der Waals surface area contributed by atoms with E-state index in [1.54, 1.807) is 0 Å². The van der Waals surface area contributed by atoms with Crippen LogP contribution in [0.3, 0.4) is 0 Å². The Labute approximate surface area is 74.9 Å². The van der Waals surface area contributed by atoms with Crippen molar-refractivity contribution in [1.29, 1.82) is 0 Å². The molecule has 0 spiro atoms. The van der Waals surface area contributed by atoms with Gasteiger partial charge in [0.1, 0.15) is 0 Å². The summed E-state index contributed by atoms with van der Waals surface area (Å²) in [5, 5.41) is 0. The van der Waals surface area contributed by atoms with Gasteiger partial charge in [0.25, 0.3) is 0 Å². The highest BCUT2D eigenvalue weighted by Crippen LogP contribution is 2.28. The first-order chi connectivity index (χ1) is 5.86. The summed E-state index contributed by atoms with van der Waals surface area (Å²) in [5.74, 6) is 8.90. The molecule has 1 aliphatic rings. The Hall–Kier alpha value is -0.520. The average molecular weight is 166 g/mol. The molecule has 1 aliphatic carbocycles. The molecule has 68 valence electrons. The van der Waals surface area contributed by atoms with Gasteiger partial charge in [-0.25, -0.2) is 0 Å². The van der Waals surface area contributed by atoms with E-state index in [1.807, 2.05) is 0 Å². The number of terminal acetylenes is 1. The molecule has 2 heteroatoms. The SMILES string of the molecule is C#CCC(CC1CCCC1)NN. The molecule has 0 heterocycles. The van der Waals surface area contributed by atoms with Crippen LogP contribution in [0.25, 0.3) is 0 Å². The van der Waals surface area contributed by atoms with Crippen molar-refractivity contribution in [3.63, 3.8) is 0 Å². The lowest BCUT2D eigenvalue weighted by Gasteiger charge is -2.16. The van der Waals surface area contributed by atoms with Crippen molar-refractivity contribution >= 4 is 0 Å². The van der Waals surface area contributed by atoms with Gasteiger partial charge in [0.15, 0.2) is 0 Å². The van der Waals surface area contributed by atoms with E-state index < -0.39 is 0 Å². The van der Waals surface area contributed by atoms with Crippen molar-refractivity contribution in [2.24, 2.45) is 11.8 Å². The van der Waals surface area contributed by atoms with Crippen LogP contribution in [-0.2, 0) is 0 Å². The van der Waals surface area contributed by atoms with Crippen LogP contribution in [0.15, 0.2) is 0 Å². The monoisotopic (exact) mass is 166 g/mol. The van der Waals surface area contributed by atoms with E-state index in [2.05, 4.69) is 11.3 Å². The number of hydrazine groups is 1. The molecule has 1 atom stereocenters. The van der Waals surface area contributed by atoms with Crippen LogP contribution in [0.1, 0.15) is 38.5 Å². The fourth-order valence-electron chi connectivity index (χ4n) is 2.00. The van der Waals surface area contributed by atoms with Crippen molar-refractivity contribution in [2.75, 3.05) is 0 Å². The summed E-state index contributed by atoms with van der Waals surface area (Å²) in [6.45, 7) is 0. The van der Waals surface area contributed by atoms with Gasteiger partial charge in [0.05, 0.1) is 0 Å². The van der Waals surface area contributed by atoms with Crippen LogP contribution in [0, 0.1) is 18.3 Å². The van der Waals surface area contributed by atoms with Gasteiger partial charge in [-0.3, -0.25) is 11.3 Å². The standard InChI is InChI=1S/C10H18N2/c1-2-5-10(12-11)8-9-6-3-4-7-9/h1,9-10,12H,3-8,11H2. The predicted octanol–water partition coefficient (Wildman–Crippen LogP) is 1.42. The molecule has 0 aromatic heterocycles. The minimum absolute atomic E-state index is 0.332. The van der Waals surface area contributed by atoms with Gasteiger partial charge < -0.3 is 0 Å². The van der Waals surface area contributed by atoms with Gasteiger partial charge in [0, 0.05) is 12.5 Å². The lowest BCUT2D eigenvalue weighted by Crippen LogP contribution is -2.36. The van der Waals surface area contributed by atoms with Gasteiger partial charge in [-0.2, -0.15) is 0 Å². The van der Waals surface area contributed by atoms with Crippen LogP contribution in [0.2, 0.25) is 0 Å². The van der Waals surface area contributed by atoms with Crippen LogP contribution in [0.4, 0.5) is 0 Å². The maximum atomic E-state index is 5.39. The zero-order chi connectivity index (χ0) is 8.81. The topological polar surface area (TPSA) is 38.0 Å². The zero-order valence-corrected chi connectivity index (χ0v) is 7.55. The zero-order valence-electron chi connectivity index (χ0n) is 7.55. The minimum atomic E-state index is 0.332. The Morgan fingerprint density at radius 3 is 2.67 bits per heavy atom. The molecule has 1 unspecified atom stereocenters. The summed E-state index contributed by atoms with van der Waals surface area (Å²) in [4.78, 5) is 0. The highest BCUT2D eigenvalue weighted by atomic mass is 15.2. The molecule has 1 fully saturated rings. The summed E-state index contributed by atoms with van der Waals surface area (Å²) < 4.78 is 0. The number of nitrogens with two attached hydrogens (primary N) is 1. The first-order valence-corrected chi connectivity index (χ1v) is 4.76. The molecule has 12 heavy (non-hydrogen) atoms. The van der Waals surface area contributed by atoms with E-state index in [-0.39, 0.29) is 0 Å². The molecule has 2 nitrogen and oxygen atoms in total. The van der Waals surface area contributed by atoms with Crippen molar-refractivity contribution < 1.29 is 0 Å². The van der Waals surface area contributed by atoms with Crippen molar-refractivity contribution in [2.45, 2.75) is 44.6 Å². The number of nitrogens with one attached hydrogen (secondary N) is 1. The van der Waals surface area contributed by atoms with E-state index in [0.29, 0.717) is 6.04 Å². The summed E-state index contributed by atoms with van der Waals surface area (Å²) in [5.41, 5.74) is 2.79. The summed E-state index contributed by atoms with van der Waals surface area (Å²) in [6.07, 6.45) is 12.6. The van der Waals surface area contributed by atoms with Gasteiger partial charge in [-0.15, -0.1) is 12.3 Å². The molecule has 0 radical (unpaired) electrons. The third-order valence-electron chi connectivity index (χ3n) is 2.69. The third kappa shape index (κ3) is 2.84. The second-order valence-corrected chi connectivity index (χ2v) is 3.66. The largest absolute Gasteiger partial charge is 0.271 e. The van der Waals surface area contributed by atoms with Crippen molar-refractivity contribution in [3.8, 4) is 12.3 Å². The fourth-order valence-corrected chi connectivity index (χ4v) is 2.00. The molecular weight excluding hydrogens is 148 g/mol. The molecular formula is C10H18N2. The Morgan fingerprint density at radius 1 is 1.50 bits per heavy atom. The average Bonchev–Trinajstić information content (AvgIpc) is 2.56. The van der Waals surface area contributed by atoms with Crippen LogP contribution < -0.4 is 11.3 Å². The third-order valence-corrected chi connectivity index (χ3v) is 2.69. The molecule has 0 amide bonds. The summed E-state index contributed by atoms with van der Waals surface area (Å²) >= 11 is 0. The Bertz CT molecular complexity index is 154. The maximum absolute atomic E-state index is 5.39. The molecule has 0 aliphatic heterocycles. The highest BCUT2D eigenvalue weighted by molar-refractivity contribution is 4.90. The van der Waals surface area contributed by atoms with Gasteiger partial charge in [0.2, 0.25) is 0 Å². The molecule has 0 aromatic carbocycles. The van der Waals surface area contributed by atoms with Gasteiger partial charge >= 0.3 is 0 Å². The Morgan fingerprint density at radius 2 is 2.17 bits per heavy atom. The molecule has 0 bridgehead atoms. The second kappa shape index (κ2) is 5.18. The number of hydrogen-bond donors (Lipinski definition) is 2. The lowest BCUT2D eigenvalue weighted by atomic mass is 9.97. The van der Waals surface area contributed by atoms with E-state index >= 15 is 0 Å². The maximum Gasteiger partial charge on any atom is 0.0322 e. The van der Waals surface area contributed by atoms with E-state index in [4.69, 9.17) is 12.3 Å². The van der Waals surface area contributed by atoms with Gasteiger partial charge in [-0.1, -0.05) is 25.7 Å². The smallest absolute Gasteiger partial charge is 0.0322 e. The highest BCUT2D eigenvalue weighted by Gasteiger charge is 2.18. The number of rotatable bonds is 4. The van der Waals surface area contributed by atoms with Crippen LogP contribution >= 0.6 is 0 Å². The minimum Gasteiger partial charge on any atom is -0.271 e. The van der Waals surface area contributed by atoms with E-state index in [9.17, 15) is 0 Å². The Balaban J connectivity index is 2.21. The first kappa shape index (κ1) is 9.57. The number of hydrogen-bond acceptors (Lipinski definition) is 2. The van der Waals surface area contributed by atoms with Crippen molar-refractivity contribution in [1.82, 2.24) is 5.43 Å². The second-order valence-electron chi connectivity index (χ2n) is 3.66. The quantitative estimate of drug-likeness (QED) is 0.376. The summed E-state index contributed by atoms with van der Waals surface area (Å²) in [7, 11) is 0. The fraction of sp³-hybridized carbons (Fsp3) is 0.800. The molecule has 1 saturated carbocycles. The van der Waals surface area contributed by atoms with Crippen LogP contribution in [0.5, 0.6) is 0 Å². The van der Waals surface area contributed by atoms with Crippen LogP contribution in [-0.4, -0.2) is 6.04 Å². The van der Waals surface area contributed by atoms with E-state index in [0.717, 1.165) is 18.8 Å².